The molecule has 1 unspecified atom stereocenters. The average molecular weight is 392 g/mol. The van der Waals surface area contributed by atoms with Crippen LogP contribution in [-0.2, 0) is 20.8 Å². The molecule has 3 rings (SSSR count). The Bertz CT molecular complexity index is 811. The second-order valence-electron chi connectivity index (χ2n) is 6.54. The number of nitrogens with zero attached hydrogens (tertiary/aromatic N) is 3. The summed E-state index contributed by atoms with van der Waals surface area (Å²) < 4.78 is 17.7. The molecule has 0 spiro atoms. The van der Waals surface area contributed by atoms with E-state index in [9.17, 15) is 15.0 Å². The highest BCUT2D eigenvalue weighted by Crippen LogP contribution is 2.25. The number of carbonyl (C=O) groups excluding carboxylic acids is 1. The van der Waals surface area contributed by atoms with Gasteiger partial charge in [0.25, 0.3) is 0 Å². The van der Waals surface area contributed by atoms with Crippen molar-refractivity contribution in [3.8, 4) is 17.0 Å². The standard InChI is InChI=1S/C18H24N4O6/c1-10(23)19-15-17(25)16(24)14(28-18(15)27-3)9-22-8-13(20-21-22)11-5-4-6-12(7-11)26-2/h4-8,14-18,24-25H,9H2,1-3H3,(H,19,23)/t14-,15-,16+,17-,18?/m1/s1. The molecule has 1 aliphatic heterocycles. The van der Waals surface area contributed by atoms with E-state index in [0.29, 0.717) is 11.4 Å². The molecule has 1 amide bonds. The number of aliphatic hydroxyl groups excluding tert-OH is 2. The largest absolute Gasteiger partial charge is 0.497 e. The molecule has 0 aliphatic carbocycles. The minimum Gasteiger partial charge on any atom is -0.497 e. The predicted octanol–water partition coefficient (Wildman–Crippen LogP) is -0.449. The van der Waals surface area contributed by atoms with E-state index in [2.05, 4.69) is 15.6 Å². The van der Waals surface area contributed by atoms with Crippen LogP contribution in [0.4, 0.5) is 0 Å². The second-order valence-corrected chi connectivity index (χ2v) is 6.54. The molecule has 1 fully saturated rings. The first-order valence-electron chi connectivity index (χ1n) is 8.79. The third-order valence-electron chi connectivity index (χ3n) is 4.57. The van der Waals surface area contributed by atoms with E-state index in [1.807, 2.05) is 24.3 Å². The third kappa shape index (κ3) is 4.30. The van der Waals surface area contributed by atoms with Gasteiger partial charge in [-0.15, -0.1) is 5.10 Å². The molecular formula is C18H24N4O6. The summed E-state index contributed by atoms with van der Waals surface area (Å²) in [6, 6.07) is 6.52. The maximum absolute atomic E-state index is 11.3. The van der Waals surface area contributed by atoms with Crippen molar-refractivity contribution in [2.24, 2.45) is 0 Å². The molecule has 0 radical (unpaired) electrons. The number of benzene rings is 1. The van der Waals surface area contributed by atoms with Crippen LogP contribution in [0, 0.1) is 0 Å². The molecular weight excluding hydrogens is 368 g/mol. The first-order chi connectivity index (χ1) is 13.4. The topological polar surface area (TPSA) is 128 Å². The summed E-state index contributed by atoms with van der Waals surface area (Å²) in [7, 11) is 2.99. The number of ether oxygens (including phenoxy) is 3. The number of hydrogen-bond donors (Lipinski definition) is 3. The van der Waals surface area contributed by atoms with E-state index in [1.165, 1.54) is 18.7 Å². The van der Waals surface area contributed by atoms with Crippen LogP contribution in [-0.4, -0.2) is 76.0 Å². The second kappa shape index (κ2) is 8.65. The summed E-state index contributed by atoms with van der Waals surface area (Å²) >= 11 is 0. The summed E-state index contributed by atoms with van der Waals surface area (Å²) in [6.45, 7) is 1.45. The van der Waals surface area contributed by atoms with Crippen molar-refractivity contribution in [2.75, 3.05) is 14.2 Å². The Morgan fingerprint density at radius 3 is 2.79 bits per heavy atom. The zero-order valence-electron chi connectivity index (χ0n) is 15.8. The lowest BCUT2D eigenvalue weighted by Crippen LogP contribution is -2.64. The predicted molar refractivity (Wildman–Crippen MR) is 97.3 cm³/mol. The molecule has 1 aliphatic rings. The minimum absolute atomic E-state index is 0.141. The van der Waals surface area contributed by atoms with Crippen molar-refractivity contribution in [3.05, 3.63) is 30.5 Å². The van der Waals surface area contributed by atoms with Crippen molar-refractivity contribution >= 4 is 5.91 Å². The normalized spacial score (nSPS) is 27.4. The Morgan fingerprint density at radius 1 is 1.32 bits per heavy atom. The molecule has 1 aromatic carbocycles. The van der Waals surface area contributed by atoms with Crippen LogP contribution in [0.3, 0.4) is 0 Å². The fourth-order valence-corrected chi connectivity index (χ4v) is 3.16. The highest BCUT2D eigenvalue weighted by Gasteiger charge is 2.45. The maximum Gasteiger partial charge on any atom is 0.217 e. The Balaban J connectivity index is 1.73. The van der Waals surface area contributed by atoms with E-state index in [0.717, 1.165) is 5.56 Å². The molecule has 152 valence electrons. The van der Waals surface area contributed by atoms with Gasteiger partial charge in [-0.05, 0) is 12.1 Å². The van der Waals surface area contributed by atoms with Crippen LogP contribution in [0.25, 0.3) is 11.3 Å². The van der Waals surface area contributed by atoms with Gasteiger partial charge in [-0.1, -0.05) is 17.3 Å². The minimum atomic E-state index is -1.26. The molecule has 2 heterocycles. The van der Waals surface area contributed by atoms with E-state index in [-0.39, 0.29) is 12.5 Å². The lowest BCUT2D eigenvalue weighted by Gasteiger charge is -2.42. The molecule has 3 N–H and O–H groups in total. The average Bonchev–Trinajstić information content (AvgIpc) is 3.16. The fraction of sp³-hybridized carbons (Fsp3) is 0.500. The molecule has 28 heavy (non-hydrogen) atoms. The first-order valence-corrected chi connectivity index (χ1v) is 8.79. The fourth-order valence-electron chi connectivity index (χ4n) is 3.16. The van der Waals surface area contributed by atoms with Crippen LogP contribution in [0.15, 0.2) is 30.5 Å². The van der Waals surface area contributed by atoms with Crippen molar-refractivity contribution in [1.29, 1.82) is 0 Å². The maximum atomic E-state index is 11.3. The van der Waals surface area contributed by atoms with Crippen LogP contribution in [0.2, 0.25) is 0 Å². The summed E-state index contributed by atoms with van der Waals surface area (Å²) in [6.07, 6.45) is -2.50. The lowest BCUT2D eigenvalue weighted by atomic mass is 9.96. The van der Waals surface area contributed by atoms with Crippen molar-refractivity contribution in [1.82, 2.24) is 20.3 Å². The molecule has 1 saturated heterocycles. The summed E-state index contributed by atoms with van der Waals surface area (Å²) in [5.74, 6) is 0.340. The Labute approximate surface area is 162 Å². The van der Waals surface area contributed by atoms with Crippen molar-refractivity contribution < 1.29 is 29.2 Å². The van der Waals surface area contributed by atoms with Gasteiger partial charge in [-0.2, -0.15) is 0 Å². The van der Waals surface area contributed by atoms with Gasteiger partial charge < -0.3 is 29.7 Å². The quantitative estimate of drug-likeness (QED) is 0.603. The van der Waals surface area contributed by atoms with Gasteiger partial charge >= 0.3 is 0 Å². The molecule has 2 aromatic rings. The van der Waals surface area contributed by atoms with Gasteiger partial charge in [0.15, 0.2) is 6.29 Å². The number of aliphatic hydroxyl groups is 2. The van der Waals surface area contributed by atoms with Crippen LogP contribution < -0.4 is 10.1 Å². The monoisotopic (exact) mass is 392 g/mol. The summed E-state index contributed by atoms with van der Waals surface area (Å²) in [5.41, 5.74) is 1.46. The molecule has 0 bridgehead atoms. The summed E-state index contributed by atoms with van der Waals surface area (Å²) in [4.78, 5) is 11.3. The first kappa shape index (κ1) is 20.2. The number of methoxy groups -OCH3 is 2. The molecule has 1 aromatic heterocycles. The molecule has 0 saturated carbocycles. The highest BCUT2D eigenvalue weighted by molar-refractivity contribution is 5.73. The smallest absolute Gasteiger partial charge is 0.217 e. The SMILES string of the molecule is COc1cccc(-c2cn(C[C@H]3OC(OC)[C@H](NC(C)=O)[C@@H](O)[C@H]3O)nn2)c1. The number of carbonyl (C=O) groups is 1. The van der Waals surface area contributed by atoms with Gasteiger partial charge in [0.2, 0.25) is 5.91 Å². The lowest BCUT2D eigenvalue weighted by molar-refractivity contribution is -0.259. The van der Waals surface area contributed by atoms with E-state index >= 15 is 0 Å². The Morgan fingerprint density at radius 2 is 2.11 bits per heavy atom. The van der Waals surface area contributed by atoms with Crippen LogP contribution in [0.5, 0.6) is 5.75 Å². The summed E-state index contributed by atoms with van der Waals surface area (Å²) in [5, 5.41) is 31.6. The van der Waals surface area contributed by atoms with Crippen molar-refractivity contribution in [3.63, 3.8) is 0 Å². The molecule has 5 atom stereocenters. The van der Waals surface area contributed by atoms with Crippen molar-refractivity contribution in [2.45, 2.75) is 44.1 Å². The molecule has 10 heteroatoms. The van der Waals surface area contributed by atoms with E-state index < -0.39 is 30.6 Å². The van der Waals surface area contributed by atoms with Gasteiger partial charge in [-0.25, -0.2) is 4.68 Å². The van der Waals surface area contributed by atoms with Gasteiger partial charge in [0, 0.05) is 19.6 Å². The van der Waals surface area contributed by atoms with Crippen LogP contribution in [0.1, 0.15) is 6.92 Å². The van der Waals surface area contributed by atoms with Gasteiger partial charge in [-0.3, -0.25) is 4.79 Å². The molecule has 10 nitrogen and oxygen atoms in total. The number of rotatable bonds is 6. The number of hydrogen-bond acceptors (Lipinski definition) is 8. The van der Waals surface area contributed by atoms with Gasteiger partial charge in [0.1, 0.15) is 35.8 Å². The zero-order valence-corrected chi connectivity index (χ0v) is 15.8. The van der Waals surface area contributed by atoms with E-state index in [1.54, 1.807) is 13.3 Å². The van der Waals surface area contributed by atoms with E-state index in [4.69, 9.17) is 14.2 Å². The Hall–Kier alpha value is -2.53. The number of nitrogens with one attached hydrogen (secondary N) is 1. The zero-order chi connectivity index (χ0) is 20.3. The number of amides is 1. The number of aromatic nitrogens is 3. The van der Waals surface area contributed by atoms with Crippen LogP contribution >= 0.6 is 0 Å². The van der Waals surface area contributed by atoms with Gasteiger partial charge in [0.05, 0.1) is 19.9 Å². The highest BCUT2D eigenvalue weighted by atomic mass is 16.7. The third-order valence-corrected chi connectivity index (χ3v) is 4.57. The Kier molecular flexibility index (Phi) is 6.25.